The number of likely N-dealkylation sites (N-methyl/N-ethyl adjacent to an activating group) is 1. The molecule has 0 bridgehead atoms. The second-order valence-corrected chi connectivity index (χ2v) is 6.25. The number of nitrogens with zero attached hydrogens (tertiary/aromatic N) is 3. The highest BCUT2D eigenvalue weighted by Gasteiger charge is 2.27. The first-order chi connectivity index (χ1) is 8.50. The van der Waals surface area contributed by atoms with Crippen molar-refractivity contribution in [3.63, 3.8) is 0 Å². The van der Waals surface area contributed by atoms with Gasteiger partial charge < -0.3 is 9.88 Å². The van der Waals surface area contributed by atoms with Gasteiger partial charge in [-0.3, -0.25) is 4.90 Å². The molecule has 0 aromatic carbocycles. The van der Waals surface area contributed by atoms with Gasteiger partial charge in [-0.05, 0) is 12.0 Å². The van der Waals surface area contributed by atoms with E-state index in [1.54, 1.807) is 0 Å². The number of imidazole rings is 1. The lowest BCUT2D eigenvalue weighted by molar-refractivity contribution is 0.147. The minimum absolute atomic E-state index is 0.295. The van der Waals surface area contributed by atoms with Crippen molar-refractivity contribution in [3.8, 4) is 0 Å². The molecule has 0 fully saturated rings. The first kappa shape index (κ1) is 13.6. The summed E-state index contributed by atoms with van der Waals surface area (Å²) in [6.45, 7) is 14.4. The lowest BCUT2D eigenvalue weighted by Crippen LogP contribution is -2.50. The zero-order valence-corrected chi connectivity index (χ0v) is 12.1. The van der Waals surface area contributed by atoms with Crippen molar-refractivity contribution >= 4 is 0 Å². The number of rotatable bonds is 4. The molecule has 0 radical (unpaired) electrons. The van der Waals surface area contributed by atoms with Gasteiger partial charge in [-0.2, -0.15) is 0 Å². The molecule has 0 amide bonds. The Balaban J connectivity index is 1.97. The van der Waals surface area contributed by atoms with Crippen LogP contribution in [0, 0.1) is 5.41 Å². The molecule has 1 aromatic rings. The van der Waals surface area contributed by atoms with Gasteiger partial charge in [0, 0.05) is 38.1 Å². The van der Waals surface area contributed by atoms with Crippen LogP contribution in [0.5, 0.6) is 0 Å². The highest BCUT2D eigenvalue weighted by atomic mass is 15.2. The highest BCUT2D eigenvalue weighted by molar-refractivity contribution is 4.96. The molecule has 102 valence electrons. The van der Waals surface area contributed by atoms with E-state index in [-0.39, 0.29) is 0 Å². The van der Waals surface area contributed by atoms with E-state index >= 15 is 0 Å². The van der Waals surface area contributed by atoms with Gasteiger partial charge in [0.1, 0.15) is 5.82 Å². The highest BCUT2D eigenvalue weighted by Crippen LogP contribution is 2.21. The van der Waals surface area contributed by atoms with Gasteiger partial charge in [0.2, 0.25) is 0 Å². The Labute approximate surface area is 110 Å². The zero-order valence-electron chi connectivity index (χ0n) is 12.1. The Morgan fingerprint density at radius 3 is 2.83 bits per heavy atom. The number of aromatic nitrogens is 2. The number of nitrogens with one attached hydrogen (secondary N) is 1. The Kier molecular flexibility index (Phi) is 4.07. The summed E-state index contributed by atoms with van der Waals surface area (Å²) in [6, 6.07) is 0.531. The standard InChI is InChI=1S/C14H26N4/c1-5-15-12(14(2,3)4)10-17-8-9-18-7-6-16-13(18)11-17/h6-7,12,15H,5,8-11H2,1-4H3. The summed E-state index contributed by atoms with van der Waals surface area (Å²) in [5, 5.41) is 3.62. The SMILES string of the molecule is CCNC(CN1CCn2ccnc2C1)C(C)(C)C. The quantitative estimate of drug-likeness (QED) is 0.883. The van der Waals surface area contributed by atoms with Crippen LogP contribution in [0.4, 0.5) is 0 Å². The van der Waals surface area contributed by atoms with E-state index in [9.17, 15) is 0 Å². The minimum Gasteiger partial charge on any atom is -0.333 e. The van der Waals surface area contributed by atoms with Crippen LogP contribution in [0.15, 0.2) is 12.4 Å². The maximum atomic E-state index is 4.42. The number of fused-ring (bicyclic) bond motifs is 1. The zero-order chi connectivity index (χ0) is 13.2. The van der Waals surface area contributed by atoms with Crippen molar-refractivity contribution in [1.82, 2.24) is 19.8 Å². The molecule has 0 aliphatic carbocycles. The topological polar surface area (TPSA) is 33.1 Å². The maximum absolute atomic E-state index is 4.42. The fourth-order valence-electron chi connectivity index (χ4n) is 2.53. The van der Waals surface area contributed by atoms with E-state index < -0.39 is 0 Å². The van der Waals surface area contributed by atoms with Crippen LogP contribution in [0.3, 0.4) is 0 Å². The van der Waals surface area contributed by atoms with Crippen LogP contribution in [0.2, 0.25) is 0 Å². The normalized spacial score (nSPS) is 18.7. The second-order valence-electron chi connectivity index (χ2n) is 6.25. The Hall–Kier alpha value is -0.870. The van der Waals surface area contributed by atoms with Crippen molar-refractivity contribution in [2.75, 3.05) is 19.6 Å². The molecule has 1 atom stereocenters. The molecule has 4 nitrogen and oxygen atoms in total. The second kappa shape index (κ2) is 5.41. The largest absolute Gasteiger partial charge is 0.333 e. The van der Waals surface area contributed by atoms with Crippen molar-refractivity contribution in [2.45, 2.75) is 46.8 Å². The molecule has 0 saturated carbocycles. The smallest absolute Gasteiger partial charge is 0.122 e. The molecule has 1 aliphatic rings. The van der Waals surface area contributed by atoms with Crippen molar-refractivity contribution in [2.24, 2.45) is 5.41 Å². The third-order valence-corrected chi connectivity index (χ3v) is 3.76. The monoisotopic (exact) mass is 250 g/mol. The van der Waals surface area contributed by atoms with Crippen LogP contribution in [-0.4, -0.2) is 40.1 Å². The number of hydrogen-bond donors (Lipinski definition) is 1. The summed E-state index contributed by atoms with van der Waals surface area (Å²) in [7, 11) is 0. The lowest BCUT2D eigenvalue weighted by Gasteiger charge is -2.37. The predicted octanol–water partition coefficient (Wildman–Crippen LogP) is 1.72. The van der Waals surface area contributed by atoms with Gasteiger partial charge in [-0.15, -0.1) is 0 Å². The summed E-state index contributed by atoms with van der Waals surface area (Å²) >= 11 is 0. The van der Waals surface area contributed by atoms with Gasteiger partial charge in [0.05, 0.1) is 6.54 Å². The third-order valence-electron chi connectivity index (χ3n) is 3.76. The molecule has 0 spiro atoms. The lowest BCUT2D eigenvalue weighted by atomic mass is 9.86. The van der Waals surface area contributed by atoms with E-state index in [1.807, 2.05) is 6.20 Å². The summed E-state index contributed by atoms with van der Waals surface area (Å²) in [6.07, 6.45) is 3.99. The molecule has 2 heterocycles. The van der Waals surface area contributed by atoms with Crippen molar-refractivity contribution in [1.29, 1.82) is 0 Å². The summed E-state index contributed by atoms with van der Waals surface area (Å²) < 4.78 is 2.26. The van der Waals surface area contributed by atoms with Gasteiger partial charge in [0.25, 0.3) is 0 Å². The molecule has 4 heteroatoms. The van der Waals surface area contributed by atoms with E-state index in [0.717, 1.165) is 32.7 Å². The maximum Gasteiger partial charge on any atom is 0.122 e. The molecular weight excluding hydrogens is 224 g/mol. The molecule has 2 rings (SSSR count). The summed E-state index contributed by atoms with van der Waals surface area (Å²) in [4.78, 5) is 6.94. The molecule has 1 aliphatic heterocycles. The molecule has 18 heavy (non-hydrogen) atoms. The van der Waals surface area contributed by atoms with Gasteiger partial charge in [-0.1, -0.05) is 27.7 Å². The third kappa shape index (κ3) is 3.12. The molecule has 1 aromatic heterocycles. The summed E-state index contributed by atoms with van der Waals surface area (Å²) in [5.41, 5.74) is 0.295. The fraction of sp³-hybridized carbons (Fsp3) is 0.786. The molecule has 0 saturated heterocycles. The van der Waals surface area contributed by atoms with E-state index in [4.69, 9.17) is 0 Å². The first-order valence-electron chi connectivity index (χ1n) is 6.96. The van der Waals surface area contributed by atoms with Crippen LogP contribution in [0.25, 0.3) is 0 Å². The van der Waals surface area contributed by atoms with E-state index in [2.05, 4.69) is 53.7 Å². The fourth-order valence-corrected chi connectivity index (χ4v) is 2.53. The van der Waals surface area contributed by atoms with Gasteiger partial charge in [-0.25, -0.2) is 4.98 Å². The van der Waals surface area contributed by atoms with Crippen LogP contribution in [0.1, 0.15) is 33.5 Å². The average molecular weight is 250 g/mol. The molecular formula is C14H26N4. The van der Waals surface area contributed by atoms with Crippen LogP contribution < -0.4 is 5.32 Å². The first-order valence-corrected chi connectivity index (χ1v) is 6.96. The Morgan fingerprint density at radius 1 is 1.39 bits per heavy atom. The van der Waals surface area contributed by atoms with Gasteiger partial charge >= 0.3 is 0 Å². The van der Waals surface area contributed by atoms with E-state index in [0.29, 0.717) is 11.5 Å². The summed E-state index contributed by atoms with van der Waals surface area (Å²) in [5.74, 6) is 1.20. The van der Waals surface area contributed by atoms with Crippen LogP contribution in [-0.2, 0) is 13.1 Å². The molecule has 1 unspecified atom stereocenters. The minimum atomic E-state index is 0.295. The predicted molar refractivity (Wildman–Crippen MR) is 74.4 cm³/mol. The van der Waals surface area contributed by atoms with Crippen molar-refractivity contribution in [3.05, 3.63) is 18.2 Å². The van der Waals surface area contributed by atoms with Gasteiger partial charge in [0.15, 0.2) is 0 Å². The number of hydrogen-bond acceptors (Lipinski definition) is 3. The average Bonchev–Trinajstić information content (AvgIpc) is 2.74. The van der Waals surface area contributed by atoms with Crippen molar-refractivity contribution < 1.29 is 0 Å². The Morgan fingerprint density at radius 2 is 2.17 bits per heavy atom. The van der Waals surface area contributed by atoms with Crippen LogP contribution >= 0.6 is 0 Å². The Bertz CT molecular complexity index is 377. The molecule has 1 N–H and O–H groups in total. The van der Waals surface area contributed by atoms with E-state index in [1.165, 1.54) is 5.82 Å².